The Labute approximate surface area is 112 Å². The maximum atomic E-state index is 12.3. The summed E-state index contributed by atoms with van der Waals surface area (Å²) < 4.78 is 0. The van der Waals surface area contributed by atoms with Crippen molar-refractivity contribution in [3.63, 3.8) is 0 Å². The van der Waals surface area contributed by atoms with Gasteiger partial charge >= 0.3 is 0 Å². The zero-order valence-electron chi connectivity index (χ0n) is 10.4. The van der Waals surface area contributed by atoms with Crippen LogP contribution in [0.2, 0.25) is 5.15 Å². The maximum Gasteiger partial charge on any atom is 0.254 e. The Bertz CT molecular complexity index is 430. The fraction of sp³-hybridized carbons (Fsp3) is 0.538. The number of rotatable bonds is 2. The Kier molecular flexibility index (Phi) is 4.19. The molecule has 1 amide bonds. The minimum absolute atomic E-state index is 0.0273. The van der Waals surface area contributed by atoms with Crippen molar-refractivity contribution in [3.05, 3.63) is 28.5 Å². The topological polar surface area (TPSA) is 53.4 Å². The lowest BCUT2D eigenvalue weighted by molar-refractivity contribution is 0.0620. The van der Waals surface area contributed by atoms with Gasteiger partial charge in [-0.05, 0) is 37.8 Å². The third kappa shape index (κ3) is 3.00. The summed E-state index contributed by atoms with van der Waals surface area (Å²) in [5, 5.41) is 9.52. The summed E-state index contributed by atoms with van der Waals surface area (Å²) in [6, 6.07) is 3.34. The molecular formula is C13H17ClN2O2. The largest absolute Gasteiger partial charge is 0.396 e. The molecule has 1 saturated heterocycles. The zero-order chi connectivity index (χ0) is 13.1. The summed E-state index contributed by atoms with van der Waals surface area (Å²) in [4.78, 5) is 18.2. The van der Waals surface area contributed by atoms with Gasteiger partial charge in [0.2, 0.25) is 0 Å². The lowest BCUT2D eigenvalue weighted by Crippen LogP contribution is -2.41. The van der Waals surface area contributed by atoms with E-state index in [1.165, 1.54) is 0 Å². The Hall–Kier alpha value is -1.13. The molecule has 0 aliphatic carbocycles. The highest BCUT2D eigenvalue weighted by molar-refractivity contribution is 6.29. The summed E-state index contributed by atoms with van der Waals surface area (Å²) in [5.74, 6) is 0.168. The minimum Gasteiger partial charge on any atom is -0.396 e. The van der Waals surface area contributed by atoms with Gasteiger partial charge in [0.15, 0.2) is 0 Å². The van der Waals surface area contributed by atoms with E-state index in [0.717, 1.165) is 25.1 Å². The molecule has 4 nitrogen and oxygen atoms in total. The monoisotopic (exact) mass is 268 g/mol. The van der Waals surface area contributed by atoms with E-state index in [4.69, 9.17) is 11.6 Å². The van der Waals surface area contributed by atoms with E-state index in [9.17, 15) is 9.90 Å². The highest BCUT2D eigenvalue weighted by atomic mass is 35.5. The molecule has 1 N–H and O–H groups in total. The van der Waals surface area contributed by atoms with Gasteiger partial charge in [0.1, 0.15) is 5.15 Å². The Morgan fingerprint density at radius 1 is 1.61 bits per heavy atom. The molecule has 1 fully saturated rings. The van der Waals surface area contributed by atoms with E-state index >= 15 is 0 Å². The molecule has 0 saturated carbocycles. The van der Waals surface area contributed by atoms with Crippen molar-refractivity contribution in [2.45, 2.75) is 19.8 Å². The summed E-state index contributed by atoms with van der Waals surface area (Å²) in [6.07, 6.45) is 1.92. The molecule has 98 valence electrons. The number of aliphatic hydroxyl groups excluding tert-OH is 1. The minimum atomic E-state index is -0.0273. The molecule has 0 spiro atoms. The second-order valence-electron chi connectivity index (χ2n) is 4.76. The van der Waals surface area contributed by atoms with Crippen LogP contribution in [0.5, 0.6) is 0 Å². The maximum absolute atomic E-state index is 12.3. The van der Waals surface area contributed by atoms with Gasteiger partial charge in [0, 0.05) is 31.0 Å². The van der Waals surface area contributed by atoms with Crippen LogP contribution in [0, 0.1) is 12.8 Å². The van der Waals surface area contributed by atoms with Crippen molar-refractivity contribution in [3.8, 4) is 0 Å². The van der Waals surface area contributed by atoms with Crippen LogP contribution in [0.15, 0.2) is 12.1 Å². The second-order valence-corrected chi connectivity index (χ2v) is 5.15. The number of aromatic nitrogens is 1. The molecule has 1 aliphatic heterocycles. The zero-order valence-corrected chi connectivity index (χ0v) is 11.2. The molecule has 0 aromatic carbocycles. The Morgan fingerprint density at radius 2 is 2.39 bits per heavy atom. The second kappa shape index (κ2) is 5.67. The van der Waals surface area contributed by atoms with Crippen molar-refractivity contribution in [1.29, 1.82) is 0 Å². The number of halogens is 1. The molecule has 1 aromatic rings. The van der Waals surface area contributed by atoms with Gasteiger partial charge in [-0.15, -0.1) is 0 Å². The number of likely N-dealkylation sites (tertiary alicyclic amines) is 1. The number of carbonyl (C=O) groups excluding carboxylic acids is 1. The first-order valence-corrected chi connectivity index (χ1v) is 6.52. The number of carbonyl (C=O) groups is 1. The van der Waals surface area contributed by atoms with Crippen molar-refractivity contribution in [1.82, 2.24) is 9.88 Å². The molecule has 1 aromatic heterocycles. The van der Waals surface area contributed by atoms with E-state index < -0.39 is 0 Å². The first kappa shape index (κ1) is 13.3. The van der Waals surface area contributed by atoms with Gasteiger partial charge < -0.3 is 10.0 Å². The van der Waals surface area contributed by atoms with E-state index in [1.54, 1.807) is 17.0 Å². The van der Waals surface area contributed by atoms with Gasteiger partial charge in [-0.25, -0.2) is 4.98 Å². The summed E-state index contributed by atoms with van der Waals surface area (Å²) in [5.41, 5.74) is 1.31. The number of nitrogens with zero attached hydrogens (tertiary/aromatic N) is 2. The normalized spacial score (nSPS) is 19.9. The Morgan fingerprint density at radius 3 is 3.06 bits per heavy atom. The van der Waals surface area contributed by atoms with Crippen LogP contribution < -0.4 is 0 Å². The lowest BCUT2D eigenvalue weighted by atomic mass is 9.98. The lowest BCUT2D eigenvalue weighted by Gasteiger charge is -2.32. The number of hydrogen-bond donors (Lipinski definition) is 1. The van der Waals surface area contributed by atoms with Crippen LogP contribution in [0.4, 0.5) is 0 Å². The predicted molar refractivity (Wildman–Crippen MR) is 69.7 cm³/mol. The van der Waals surface area contributed by atoms with Crippen LogP contribution in [0.25, 0.3) is 0 Å². The number of aliphatic hydroxyl groups is 1. The van der Waals surface area contributed by atoms with Crippen LogP contribution in [-0.2, 0) is 0 Å². The van der Waals surface area contributed by atoms with Gasteiger partial charge in [-0.2, -0.15) is 0 Å². The summed E-state index contributed by atoms with van der Waals surface area (Å²) in [7, 11) is 0. The summed E-state index contributed by atoms with van der Waals surface area (Å²) in [6.45, 7) is 3.32. The number of amides is 1. The van der Waals surface area contributed by atoms with Crippen molar-refractivity contribution < 1.29 is 9.90 Å². The van der Waals surface area contributed by atoms with Crippen molar-refractivity contribution >= 4 is 17.5 Å². The van der Waals surface area contributed by atoms with Gasteiger partial charge in [-0.1, -0.05) is 11.6 Å². The van der Waals surface area contributed by atoms with Crippen molar-refractivity contribution in [2.24, 2.45) is 5.92 Å². The van der Waals surface area contributed by atoms with Gasteiger partial charge in [0.05, 0.1) is 0 Å². The molecule has 5 heteroatoms. The van der Waals surface area contributed by atoms with E-state index in [1.807, 2.05) is 6.92 Å². The van der Waals surface area contributed by atoms with Gasteiger partial charge in [0.25, 0.3) is 5.91 Å². The third-order valence-electron chi connectivity index (χ3n) is 3.23. The molecule has 1 atom stereocenters. The van der Waals surface area contributed by atoms with Crippen LogP contribution in [0.1, 0.15) is 28.9 Å². The van der Waals surface area contributed by atoms with Crippen LogP contribution >= 0.6 is 11.6 Å². The SMILES string of the molecule is Cc1cc(C(=O)N2CCCC(CO)C2)cc(Cl)n1. The Balaban J connectivity index is 2.15. The molecule has 18 heavy (non-hydrogen) atoms. The first-order chi connectivity index (χ1) is 8.60. The highest BCUT2D eigenvalue weighted by Gasteiger charge is 2.24. The fourth-order valence-electron chi connectivity index (χ4n) is 2.33. The predicted octanol–water partition coefficient (Wildman–Crippen LogP) is 1.89. The van der Waals surface area contributed by atoms with Crippen LogP contribution in [-0.4, -0.2) is 40.6 Å². The number of pyridine rings is 1. The molecule has 0 bridgehead atoms. The smallest absolute Gasteiger partial charge is 0.254 e. The van der Waals surface area contributed by atoms with Crippen molar-refractivity contribution in [2.75, 3.05) is 19.7 Å². The van der Waals surface area contributed by atoms with E-state index in [0.29, 0.717) is 17.3 Å². The average molecular weight is 269 g/mol. The average Bonchev–Trinajstić information content (AvgIpc) is 2.37. The number of hydrogen-bond acceptors (Lipinski definition) is 3. The van der Waals surface area contributed by atoms with E-state index in [-0.39, 0.29) is 18.4 Å². The standard InChI is InChI=1S/C13H17ClN2O2/c1-9-5-11(6-12(14)15-9)13(18)16-4-2-3-10(7-16)8-17/h5-6,10,17H,2-4,7-8H2,1H3. The van der Waals surface area contributed by atoms with Gasteiger partial charge in [-0.3, -0.25) is 4.79 Å². The van der Waals surface area contributed by atoms with Crippen LogP contribution in [0.3, 0.4) is 0 Å². The number of aryl methyl sites for hydroxylation is 1. The molecule has 1 aliphatic rings. The highest BCUT2D eigenvalue weighted by Crippen LogP contribution is 2.19. The molecule has 1 unspecified atom stereocenters. The molecule has 0 radical (unpaired) electrons. The molecule has 2 rings (SSSR count). The van der Waals surface area contributed by atoms with E-state index in [2.05, 4.69) is 4.98 Å². The summed E-state index contributed by atoms with van der Waals surface area (Å²) >= 11 is 5.87. The number of piperidine rings is 1. The fourth-order valence-corrected chi connectivity index (χ4v) is 2.58. The molecule has 2 heterocycles. The molecular weight excluding hydrogens is 252 g/mol. The first-order valence-electron chi connectivity index (χ1n) is 6.14. The quantitative estimate of drug-likeness (QED) is 0.834. The third-order valence-corrected chi connectivity index (χ3v) is 3.43.